The minimum absolute atomic E-state index is 0.224. The van der Waals surface area contributed by atoms with Crippen LogP contribution in [-0.2, 0) is 0 Å². The lowest BCUT2D eigenvalue weighted by Gasteiger charge is -2.31. The van der Waals surface area contributed by atoms with Gasteiger partial charge in [-0.1, -0.05) is 35.9 Å². The Kier molecular flexibility index (Phi) is 5.55. The summed E-state index contributed by atoms with van der Waals surface area (Å²) in [5, 5.41) is 4.25. The van der Waals surface area contributed by atoms with Gasteiger partial charge >= 0.3 is 0 Å². The van der Waals surface area contributed by atoms with E-state index in [9.17, 15) is 0 Å². The molecule has 3 nitrogen and oxygen atoms in total. The molecule has 1 fully saturated rings. The van der Waals surface area contributed by atoms with Crippen LogP contribution >= 0.6 is 11.6 Å². The number of methoxy groups -OCH3 is 1. The maximum absolute atomic E-state index is 6.08. The minimum atomic E-state index is 0.224. The fraction of sp³-hybridized carbons (Fsp3) is 0.368. The summed E-state index contributed by atoms with van der Waals surface area (Å²) in [4.78, 5) is 2.54. The number of rotatable bonds is 4. The van der Waals surface area contributed by atoms with Gasteiger partial charge in [-0.3, -0.25) is 4.90 Å². The van der Waals surface area contributed by atoms with Crippen molar-refractivity contribution in [3.05, 3.63) is 64.7 Å². The molecule has 23 heavy (non-hydrogen) atoms. The Labute approximate surface area is 143 Å². The first-order valence-electron chi connectivity index (χ1n) is 8.12. The number of halogens is 1. The van der Waals surface area contributed by atoms with E-state index in [-0.39, 0.29) is 6.04 Å². The van der Waals surface area contributed by atoms with Crippen LogP contribution in [0.4, 0.5) is 0 Å². The van der Waals surface area contributed by atoms with Crippen molar-refractivity contribution in [2.75, 3.05) is 33.3 Å². The molecule has 1 atom stereocenters. The van der Waals surface area contributed by atoms with Crippen molar-refractivity contribution >= 4 is 11.6 Å². The van der Waals surface area contributed by atoms with E-state index in [4.69, 9.17) is 16.3 Å². The van der Waals surface area contributed by atoms with Gasteiger partial charge in [0.1, 0.15) is 5.75 Å². The Morgan fingerprint density at radius 3 is 2.65 bits per heavy atom. The average Bonchev–Trinajstić information content (AvgIpc) is 2.86. The zero-order valence-corrected chi connectivity index (χ0v) is 14.2. The summed E-state index contributed by atoms with van der Waals surface area (Å²) in [7, 11) is 1.71. The third-order valence-electron chi connectivity index (χ3n) is 4.34. The Morgan fingerprint density at radius 2 is 1.87 bits per heavy atom. The number of benzene rings is 2. The van der Waals surface area contributed by atoms with Gasteiger partial charge in [-0.15, -0.1) is 0 Å². The first-order chi connectivity index (χ1) is 11.3. The van der Waals surface area contributed by atoms with E-state index in [1.54, 1.807) is 7.11 Å². The van der Waals surface area contributed by atoms with Gasteiger partial charge in [0.25, 0.3) is 0 Å². The summed E-state index contributed by atoms with van der Waals surface area (Å²) >= 11 is 6.08. The molecule has 1 aliphatic heterocycles. The predicted octanol–water partition coefficient (Wildman–Crippen LogP) is 3.73. The first kappa shape index (κ1) is 16.3. The molecule has 2 aromatic rings. The first-order valence-corrected chi connectivity index (χ1v) is 8.50. The molecular formula is C19H23ClN2O. The Morgan fingerprint density at radius 1 is 1.04 bits per heavy atom. The third-order valence-corrected chi connectivity index (χ3v) is 4.59. The van der Waals surface area contributed by atoms with Crippen LogP contribution < -0.4 is 10.1 Å². The topological polar surface area (TPSA) is 24.5 Å². The van der Waals surface area contributed by atoms with Gasteiger partial charge in [0.05, 0.1) is 13.2 Å². The number of nitrogens with zero attached hydrogens (tertiary/aromatic N) is 1. The van der Waals surface area contributed by atoms with Crippen molar-refractivity contribution in [1.82, 2.24) is 10.2 Å². The van der Waals surface area contributed by atoms with E-state index >= 15 is 0 Å². The second kappa shape index (κ2) is 7.82. The van der Waals surface area contributed by atoms with Gasteiger partial charge in [0.2, 0.25) is 0 Å². The van der Waals surface area contributed by atoms with Crippen LogP contribution in [0.5, 0.6) is 5.75 Å². The van der Waals surface area contributed by atoms with Crippen molar-refractivity contribution in [3.8, 4) is 5.75 Å². The Balaban J connectivity index is 1.99. The predicted molar refractivity (Wildman–Crippen MR) is 95.3 cm³/mol. The Hall–Kier alpha value is -1.55. The second-order valence-corrected chi connectivity index (χ2v) is 6.31. The monoisotopic (exact) mass is 330 g/mol. The van der Waals surface area contributed by atoms with Crippen LogP contribution in [0.1, 0.15) is 23.6 Å². The van der Waals surface area contributed by atoms with Gasteiger partial charge < -0.3 is 10.1 Å². The van der Waals surface area contributed by atoms with Crippen LogP contribution in [0.3, 0.4) is 0 Å². The molecule has 3 rings (SSSR count). The molecule has 1 aliphatic rings. The standard InChI is InChI=1S/C19H23ClN2O/c1-23-18-5-2-4-16(14-18)19(15-6-8-17(20)9-7-15)22-12-3-10-21-11-13-22/h2,4-9,14,19,21H,3,10-13H2,1H3. The maximum Gasteiger partial charge on any atom is 0.119 e. The molecule has 0 amide bonds. The highest BCUT2D eigenvalue weighted by Gasteiger charge is 2.23. The van der Waals surface area contributed by atoms with Crippen LogP contribution in [0.15, 0.2) is 48.5 Å². The maximum atomic E-state index is 6.08. The molecule has 1 heterocycles. The largest absolute Gasteiger partial charge is 0.497 e. The molecule has 1 N–H and O–H groups in total. The fourth-order valence-corrected chi connectivity index (χ4v) is 3.32. The number of ether oxygens (including phenoxy) is 1. The highest BCUT2D eigenvalue weighted by atomic mass is 35.5. The fourth-order valence-electron chi connectivity index (χ4n) is 3.20. The smallest absolute Gasteiger partial charge is 0.119 e. The lowest BCUT2D eigenvalue weighted by Crippen LogP contribution is -2.33. The SMILES string of the molecule is COc1cccc(C(c2ccc(Cl)cc2)N2CCCNCC2)c1. The van der Waals surface area contributed by atoms with Crippen molar-refractivity contribution < 1.29 is 4.74 Å². The molecule has 0 aliphatic carbocycles. The molecule has 0 saturated carbocycles. The summed E-state index contributed by atoms with van der Waals surface area (Å²) in [6.07, 6.45) is 1.16. The van der Waals surface area contributed by atoms with E-state index in [1.807, 2.05) is 18.2 Å². The van der Waals surface area contributed by atoms with Crippen molar-refractivity contribution in [3.63, 3.8) is 0 Å². The van der Waals surface area contributed by atoms with E-state index in [2.05, 4.69) is 40.5 Å². The van der Waals surface area contributed by atoms with Crippen LogP contribution in [0.25, 0.3) is 0 Å². The molecule has 0 radical (unpaired) electrons. The van der Waals surface area contributed by atoms with Crippen molar-refractivity contribution in [2.45, 2.75) is 12.5 Å². The second-order valence-electron chi connectivity index (χ2n) is 5.87. The number of nitrogens with one attached hydrogen (secondary N) is 1. The highest BCUT2D eigenvalue weighted by Crippen LogP contribution is 2.31. The molecule has 1 saturated heterocycles. The van der Waals surface area contributed by atoms with Crippen LogP contribution in [0, 0.1) is 0 Å². The van der Waals surface area contributed by atoms with E-state index in [0.717, 1.165) is 43.4 Å². The normalized spacial score (nSPS) is 17.5. The summed E-state index contributed by atoms with van der Waals surface area (Å²) < 4.78 is 5.42. The summed E-state index contributed by atoms with van der Waals surface area (Å²) in [6.45, 7) is 4.22. The summed E-state index contributed by atoms with van der Waals surface area (Å²) in [5.41, 5.74) is 2.53. The third kappa shape index (κ3) is 4.05. The van der Waals surface area contributed by atoms with Gasteiger partial charge in [-0.05, 0) is 48.4 Å². The van der Waals surface area contributed by atoms with Gasteiger partial charge in [-0.25, -0.2) is 0 Å². The molecule has 0 aromatic heterocycles. The van der Waals surface area contributed by atoms with Crippen LogP contribution in [0.2, 0.25) is 5.02 Å². The average molecular weight is 331 g/mol. The highest BCUT2D eigenvalue weighted by molar-refractivity contribution is 6.30. The molecule has 122 valence electrons. The molecule has 1 unspecified atom stereocenters. The molecule has 2 aromatic carbocycles. The van der Waals surface area contributed by atoms with Gasteiger partial charge in [0, 0.05) is 24.7 Å². The molecule has 0 bridgehead atoms. The lowest BCUT2D eigenvalue weighted by molar-refractivity contribution is 0.240. The van der Waals surface area contributed by atoms with E-state index in [0.29, 0.717) is 0 Å². The number of hydrogen-bond donors (Lipinski definition) is 1. The van der Waals surface area contributed by atoms with Crippen molar-refractivity contribution in [1.29, 1.82) is 0 Å². The quantitative estimate of drug-likeness (QED) is 0.924. The Bertz CT molecular complexity index is 622. The van der Waals surface area contributed by atoms with E-state index < -0.39 is 0 Å². The molecule has 4 heteroatoms. The molecule has 0 spiro atoms. The van der Waals surface area contributed by atoms with Gasteiger partial charge in [-0.2, -0.15) is 0 Å². The van der Waals surface area contributed by atoms with Gasteiger partial charge in [0.15, 0.2) is 0 Å². The van der Waals surface area contributed by atoms with E-state index in [1.165, 1.54) is 11.1 Å². The molecular weight excluding hydrogens is 308 g/mol. The summed E-state index contributed by atoms with van der Waals surface area (Å²) in [6, 6.07) is 16.8. The minimum Gasteiger partial charge on any atom is -0.497 e. The van der Waals surface area contributed by atoms with Crippen LogP contribution in [-0.4, -0.2) is 38.2 Å². The lowest BCUT2D eigenvalue weighted by atomic mass is 9.96. The van der Waals surface area contributed by atoms with Crippen molar-refractivity contribution in [2.24, 2.45) is 0 Å². The summed E-state index contributed by atoms with van der Waals surface area (Å²) in [5.74, 6) is 0.898. The zero-order chi connectivity index (χ0) is 16.1. The number of hydrogen-bond acceptors (Lipinski definition) is 3. The zero-order valence-electron chi connectivity index (χ0n) is 13.5.